The van der Waals surface area contributed by atoms with Crippen molar-refractivity contribution in [3.63, 3.8) is 0 Å². The van der Waals surface area contributed by atoms with Gasteiger partial charge in [-0.05, 0) is 11.5 Å². The molecule has 0 heterocycles. The Morgan fingerprint density at radius 3 is 2.50 bits per heavy atom. The van der Waals surface area contributed by atoms with Gasteiger partial charge in [-0.15, -0.1) is 0 Å². The van der Waals surface area contributed by atoms with Crippen molar-refractivity contribution >= 4 is 28.3 Å². The summed E-state index contributed by atoms with van der Waals surface area (Å²) in [7, 11) is 1.59. The van der Waals surface area contributed by atoms with E-state index in [-0.39, 0.29) is 0 Å². The average molecular weight is 243 g/mol. The molecule has 0 saturated heterocycles. The van der Waals surface area contributed by atoms with Gasteiger partial charge in [-0.3, -0.25) is 9.59 Å². The lowest BCUT2D eigenvalue weighted by molar-refractivity contribution is -0.140. The van der Waals surface area contributed by atoms with Crippen LogP contribution in [0, 0.1) is 0 Å². The molecule has 0 saturated carbocycles. The molecule has 2 aromatic carbocycles. The lowest BCUT2D eigenvalue weighted by atomic mass is 10.1. The largest absolute Gasteiger partial charge is 0.481 e. The summed E-state index contributed by atoms with van der Waals surface area (Å²) in [6.07, 6.45) is -0.500. The molecule has 1 N–H and O–H groups in total. The lowest BCUT2D eigenvalue weighted by Crippen LogP contribution is -2.28. The quantitative estimate of drug-likeness (QED) is 0.841. The molecule has 0 bridgehead atoms. The molecular formula is C14H13NO3. The zero-order valence-corrected chi connectivity index (χ0v) is 9.96. The van der Waals surface area contributed by atoms with Crippen molar-refractivity contribution in [3.8, 4) is 0 Å². The molecule has 0 spiro atoms. The summed E-state index contributed by atoms with van der Waals surface area (Å²) in [5.41, 5.74) is 0.722. The highest BCUT2D eigenvalue weighted by atomic mass is 16.4. The Kier molecular flexibility index (Phi) is 3.28. The molecular weight excluding hydrogens is 230 g/mol. The zero-order chi connectivity index (χ0) is 13.1. The van der Waals surface area contributed by atoms with E-state index in [2.05, 4.69) is 0 Å². The van der Waals surface area contributed by atoms with E-state index in [1.54, 1.807) is 7.05 Å². The molecule has 2 rings (SSSR count). The van der Waals surface area contributed by atoms with Gasteiger partial charge in [-0.2, -0.15) is 0 Å². The number of rotatable bonds is 3. The Labute approximate surface area is 104 Å². The second-order valence-electron chi connectivity index (χ2n) is 4.02. The number of hydrogen-bond donors (Lipinski definition) is 1. The third-order valence-corrected chi connectivity index (χ3v) is 2.80. The number of hydrogen-bond acceptors (Lipinski definition) is 2. The SMILES string of the molecule is CN(C(=O)CC(=O)O)c1cccc2ccccc12. The monoisotopic (exact) mass is 243 g/mol. The van der Waals surface area contributed by atoms with E-state index in [0.29, 0.717) is 0 Å². The van der Waals surface area contributed by atoms with E-state index in [1.807, 2.05) is 42.5 Å². The predicted molar refractivity (Wildman–Crippen MR) is 69.6 cm³/mol. The van der Waals surface area contributed by atoms with Gasteiger partial charge >= 0.3 is 5.97 Å². The Hall–Kier alpha value is -2.36. The van der Waals surface area contributed by atoms with Gasteiger partial charge in [-0.1, -0.05) is 36.4 Å². The minimum Gasteiger partial charge on any atom is -0.481 e. The van der Waals surface area contributed by atoms with Crippen molar-refractivity contribution in [2.24, 2.45) is 0 Å². The number of fused-ring (bicyclic) bond motifs is 1. The Morgan fingerprint density at radius 2 is 1.78 bits per heavy atom. The first kappa shape index (κ1) is 12.1. The van der Waals surface area contributed by atoms with Crippen LogP contribution in [0.1, 0.15) is 6.42 Å². The van der Waals surface area contributed by atoms with Crippen LogP contribution in [0.3, 0.4) is 0 Å². The fourth-order valence-corrected chi connectivity index (χ4v) is 1.88. The number of carboxylic acid groups (broad SMARTS) is 1. The van der Waals surface area contributed by atoms with Gasteiger partial charge in [0.15, 0.2) is 0 Å². The molecule has 0 radical (unpaired) electrons. The topological polar surface area (TPSA) is 57.6 Å². The van der Waals surface area contributed by atoms with E-state index in [4.69, 9.17) is 5.11 Å². The molecule has 0 fully saturated rings. The summed E-state index contributed by atoms with van der Waals surface area (Å²) in [5.74, 6) is -1.55. The molecule has 4 nitrogen and oxygen atoms in total. The normalized spacial score (nSPS) is 10.3. The number of nitrogens with zero attached hydrogens (tertiary/aromatic N) is 1. The summed E-state index contributed by atoms with van der Waals surface area (Å²) in [6, 6.07) is 13.3. The number of carbonyl (C=O) groups is 2. The molecule has 1 amide bonds. The highest BCUT2D eigenvalue weighted by Gasteiger charge is 2.16. The molecule has 0 aliphatic carbocycles. The second-order valence-corrected chi connectivity index (χ2v) is 4.02. The van der Waals surface area contributed by atoms with Crippen molar-refractivity contribution in [1.82, 2.24) is 0 Å². The van der Waals surface area contributed by atoms with E-state index < -0.39 is 18.3 Å². The number of anilines is 1. The summed E-state index contributed by atoms with van der Waals surface area (Å²) in [6.45, 7) is 0. The fourth-order valence-electron chi connectivity index (χ4n) is 1.88. The number of carbonyl (C=O) groups excluding carboxylic acids is 1. The Morgan fingerprint density at radius 1 is 1.11 bits per heavy atom. The molecule has 2 aromatic rings. The van der Waals surface area contributed by atoms with Crippen molar-refractivity contribution in [1.29, 1.82) is 0 Å². The lowest BCUT2D eigenvalue weighted by Gasteiger charge is -2.18. The van der Waals surface area contributed by atoms with E-state index in [0.717, 1.165) is 16.5 Å². The van der Waals surface area contributed by atoms with Crippen LogP contribution >= 0.6 is 0 Å². The van der Waals surface area contributed by atoms with Gasteiger partial charge in [0.25, 0.3) is 0 Å². The molecule has 4 heteroatoms. The maximum atomic E-state index is 11.7. The van der Waals surface area contributed by atoms with Crippen LogP contribution in [0.2, 0.25) is 0 Å². The molecule has 18 heavy (non-hydrogen) atoms. The smallest absolute Gasteiger partial charge is 0.312 e. The molecule has 0 aliphatic rings. The third-order valence-electron chi connectivity index (χ3n) is 2.80. The van der Waals surface area contributed by atoms with Gasteiger partial charge < -0.3 is 10.0 Å². The van der Waals surface area contributed by atoms with Crippen molar-refractivity contribution in [2.45, 2.75) is 6.42 Å². The zero-order valence-electron chi connectivity index (χ0n) is 9.96. The highest BCUT2D eigenvalue weighted by molar-refractivity contribution is 6.07. The minimum atomic E-state index is -1.12. The predicted octanol–water partition coefficient (Wildman–Crippen LogP) is 2.28. The van der Waals surface area contributed by atoms with Crippen LogP contribution < -0.4 is 4.90 Å². The number of carboxylic acids is 1. The van der Waals surface area contributed by atoms with E-state index in [1.165, 1.54) is 4.90 Å². The van der Waals surface area contributed by atoms with Crippen LogP contribution in [-0.2, 0) is 9.59 Å². The fraction of sp³-hybridized carbons (Fsp3) is 0.143. The molecule has 0 aliphatic heterocycles. The van der Waals surface area contributed by atoms with Crippen molar-refractivity contribution in [2.75, 3.05) is 11.9 Å². The Balaban J connectivity index is 2.41. The standard InChI is InChI=1S/C14H13NO3/c1-15(13(16)9-14(17)18)12-8-4-6-10-5-2-3-7-11(10)12/h2-8H,9H2,1H3,(H,17,18). The Bertz CT molecular complexity index is 602. The van der Waals surface area contributed by atoms with Gasteiger partial charge in [-0.25, -0.2) is 0 Å². The average Bonchev–Trinajstić information content (AvgIpc) is 2.36. The summed E-state index contributed by atoms with van der Waals surface area (Å²) in [5, 5.41) is 10.6. The van der Waals surface area contributed by atoms with Crippen molar-refractivity contribution < 1.29 is 14.7 Å². The van der Waals surface area contributed by atoms with Gasteiger partial charge in [0.05, 0.1) is 5.69 Å². The summed E-state index contributed by atoms with van der Waals surface area (Å²) in [4.78, 5) is 23.7. The van der Waals surface area contributed by atoms with Gasteiger partial charge in [0.1, 0.15) is 6.42 Å². The highest BCUT2D eigenvalue weighted by Crippen LogP contribution is 2.26. The van der Waals surface area contributed by atoms with Crippen LogP contribution in [0.15, 0.2) is 42.5 Å². The number of benzene rings is 2. The number of aliphatic carboxylic acids is 1. The van der Waals surface area contributed by atoms with Crippen LogP contribution in [0.4, 0.5) is 5.69 Å². The van der Waals surface area contributed by atoms with E-state index >= 15 is 0 Å². The second kappa shape index (κ2) is 4.87. The first-order valence-electron chi connectivity index (χ1n) is 5.55. The van der Waals surface area contributed by atoms with Gasteiger partial charge in [0.2, 0.25) is 5.91 Å². The maximum absolute atomic E-state index is 11.7. The maximum Gasteiger partial charge on any atom is 0.312 e. The molecule has 0 aromatic heterocycles. The molecule has 0 unspecified atom stereocenters. The first-order chi connectivity index (χ1) is 8.59. The molecule has 92 valence electrons. The van der Waals surface area contributed by atoms with Gasteiger partial charge in [0, 0.05) is 12.4 Å². The third kappa shape index (κ3) is 2.32. The number of amides is 1. The van der Waals surface area contributed by atoms with Crippen molar-refractivity contribution in [3.05, 3.63) is 42.5 Å². The summed E-state index contributed by atoms with van der Waals surface area (Å²) < 4.78 is 0. The van der Waals surface area contributed by atoms with Crippen LogP contribution in [0.5, 0.6) is 0 Å². The summed E-state index contributed by atoms with van der Waals surface area (Å²) >= 11 is 0. The molecule has 0 atom stereocenters. The van der Waals surface area contributed by atoms with Crippen LogP contribution in [-0.4, -0.2) is 24.0 Å². The van der Waals surface area contributed by atoms with Crippen LogP contribution in [0.25, 0.3) is 10.8 Å². The first-order valence-corrected chi connectivity index (χ1v) is 5.55. The minimum absolute atomic E-state index is 0.432. The van der Waals surface area contributed by atoms with E-state index in [9.17, 15) is 9.59 Å².